The third-order valence-corrected chi connectivity index (χ3v) is 7.74. The van der Waals surface area contributed by atoms with Crippen LogP contribution in [0.2, 0.25) is 6.04 Å². The molecule has 0 saturated carbocycles. The molecular weight excluding hydrogens is 573 g/mol. The molecule has 0 amide bonds. The minimum atomic E-state index is -8.27. The Morgan fingerprint density at radius 2 is 1.08 bits per heavy atom. The molecule has 3 unspecified atom stereocenters. The van der Waals surface area contributed by atoms with E-state index in [2.05, 4.69) is 13.3 Å². The number of carbonyl (C=O) groups is 1. The van der Waals surface area contributed by atoms with Crippen molar-refractivity contribution in [3.8, 4) is 0 Å². The Hall–Kier alpha value is -1.48. The van der Waals surface area contributed by atoms with Crippen LogP contribution in [0.15, 0.2) is 0 Å². The first-order valence-electron chi connectivity index (χ1n) is 8.88. The lowest BCUT2D eigenvalue weighted by Gasteiger charge is -2.43. The molecule has 3 atom stereocenters. The molecule has 0 aliphatic carbocycles. The highest BCUT2D eigenvalue weighted by atomic mass is 28.4. The third-order valence-electron chi connectivity index (χ3n) is 5.01. The van der Waals surface area contributed by atoms with E-state index in [0.29, 0.717) is 21.3 Å². The molecule has 216 valence electrons. The summed E-state index contributed by atoms with van der Waals surface area (Å²) in [5.41, 5.74) is -5.96. The number of carboxylic acids is 1. The second-order valence-corrected chi connectivity index (χ2v) is 10.1. The van der Waals surface area contributed by atoms with Crippen LogP contribution in [0.5, 0.6) is 0 Å². The van der Waals surface area contributed by atoms with Gasteiger partial charge in [-0.2, -0.15) is 43.9 Å². The molecule has 21 heteroatoms. The van der Waals surface area contributed by atoms with Gasteiger partial charge in [0.05, 0.1) is 0 Å². The zero-order valence-corrected chi connectivity index (χ0v) is 18.9. The van der Waals surface area contributed by atoms with E-state index in [1.807, 2.05) is 0 Å². The third kappa shape index (κ3) is 5.11. The van der Waals surface area contributed by atoms with Crippen LogP contribution in [0.1, 0.15) is 6.42 Å². The maximum absolute atomic E-state index is 14.8. The van der Waals surface area contributed by atoms with Crippen molar-refractivity contribution in [3.63, 3.8) is 0 Å². The second-order valence-electron chi connectivity index (χ2n) is 7.00. The molecule has 0 heterocycles. The monoisotopic (exact) mass is 590 g/mol. The van der Waals surface area contributed by atoms with Gasteiger partial charge >= 0.3 is 44.4 Å². The fraction of sp³-hybridized carbons (Fsp3) is 0.933. The molecule has 0 aromatic heterocycles. The van der Waals surface area contributed by atoms with Crippen molar-refractivity contribution in [2.75, 3.05) is 21.3 Å². The first kappa shape index (κ1) is 34.5. The Labute approximate surface area is 192 Å². The number of rotatable bonds is 15. The molecule has 0 saturated heterocycles. The van der Waals surface area contributed by atoms with Crippen molar-refractivity contribution in [2.45, 2.75) is 66.5 Å². The summed E-state index contributed by atoms with van der Waals surface area (Å²) in [6, 6.07) is -1.52. The van der Waals surface area contributed by atoms with E-state index in [1.54, 1.807) is 0 Å². The van der Waals surface area contributed by atoms with Crippen LogP contribution in [0.3, 0.4) is 0 Å². The van der Waals surface area contributed by atoms with Crippen LogP contribution < -0.4 is 0 Å². The smallest absolute Gasteiger partial charge is 0.479 e. The van der Waals surface area contributed by atoms with Crippen molar-refractivity contribution in [1.29, 1.82) is 0 Å². The highest BCUT2D eigenvalue weighted by molar-refractivity contribution is 6.60. The molecule has 0 aromatic rings. The molecule has 0 fully saturated rings. The van der Waals surface area contributed by atoms with Crippen molar-refractivity contribution < 1.29 is 89.0 Å². The number of halogens is 15. The van der Waals surface area contributed by atoms with Crippen molar-refractivity contribution in [3.05, 3.63) is 0 Å². The molecule has 1 N–H and O–H groups in total. The lowest BCUT2D eigenvalue weighted by atomic mass is 9.83. The number of alkyl halides is 15. The van der Waals surface area contributed by atoms with E-state index in [-0.39, 0.29) is 0 Å². The highest BCUT2D eigenvalue weighted by Crippen LogP contribution is 2.61. The fourth-order valence-corrected chi connectivity index (χ4v) is 4.40. The average molecular weight is 590 g/mol. The van der Waals surface area contributed by atoms with E-state index in [9.17, 15) is 70.7 Å². The highest BCUT2D eigenvalue weighted by Gasteiger charge is 2.91. The summed E-state index contributed by atoms with van der Waals surface area (Å²) in [5, 5.41) is 8.73. The molecule has 0 bridgehead atoms. The van der Waals surface area contributed by atoms with Crippen molar-refractivity contribution in [2.24, 2.45) is 0 Å². The van der Waals surface area contributed by atoms with Gasteiger partial charge in [0, 0.05) is 33.8 Å². The standard InChI is InChI=1S/C15H17F15O5Si/c1-33-36(34-2,35-3)5-4-10(20,9(31)32)12(23,24)14(27,28)15(29,30)13(25,26)11(21,22)7(17)6(16)8(18)19/h6-8H,4-5H2,1-3H3,(H,31,32). The minimum Gasteiger partial charge on any atom is -0.479 e. The van der Waals surface area contributed by atoms with Gasteiger partial charge in [0.25, 0.3) is 12.1 Å². The first-order chi connectivity index (χ1) is 15.8. The second kappa shape index (κ2) is 10.7. The topological polar surface area (TPSA) is 65.0 Å². The number of aliphatic carboxylic acids is 1. The van der Waals surface area contributed by atoms with Crippen molar-refractivity contribution in [1.82, 2.24) is 0 Å². The summed E-state index contributed by atoms with van der Waals surface area (Å²) < 4.78 is 218. The zero-order chi connectivity index (χ0) is 29.3. The van der Waals surface area contributed by atoms with Crippen LogP contribution in [-0.4, -0.2) is 95.3 Å². The molecule has 0 aliphatic heterocycles. The van der Waals surface area contributed by atoms with Crippen LogP contribution in [-0.2, 0) is 18.1 Å². The van der Waals surface area contributed by atoms with E-state index in [1.165, 1.54) is 0 Å². The number of carboxylic acid groups (broad SMARTS) is 1. The Bertz CT molecular complexity index is 755. The van der Waals surface area contributed by atoms with Crippen LogP contribution in [0.4, 0.5) is 65.9 Å². The van der Waals surface area contributed by atoms with E-state index < -0.39 is 81.3 Å². The van der Waals surface area contributed by atoms with Gasteiger partial charge < -0.3 is 18.4 Å². The normalized spacial score (nSPS) is 18.2. The van der Waals surface area contributed by atoms with Gasteiger partial charge in [-0.1, -0.05) is 0 Å². The van der Waals surface area contributed by atoms with Crippen molar-refractivity contribution >= 4 is 14.8 Å². The summed E-state index contributed by atoms with van der Waals surface area (Å²) in [6.07, 6.45) is -18.0. The predicted octanol–water partition coefficient (Wildman–Crippen LogP) is 5.17. The number of hydrogen-bond acceptors (Lipinski definition) is 4. The average Bonchev–Trinajstić information content (AvgIpc) is 2.77. The lowest BCUT2D eigenvalue weighted by molar-refractivity contribution is -0.420. The molecule has 5 nitrogen and oxygen atoms in total. The van der Waals surface area contributed by atoms with Gasteiger partial charge in [0.2, 0.25) is 6.17 Å². The summed E-state index contributed by atoms with van der Waals surface area (Å²) in [7, 11) is -2.25. The zero-order valence-electron chi connectivity index (χ0n) is 17.9. The maximum Gasteiger partial charge on any atom is 0.500 e. The van der Waals surface area contributed by atoms with Gasteiger partial charge in [-0.25, -0.2) is 26.7 Å². The molecule has 36 heavy (non-hydrogen) atoms. The van der Waals surface area contributed by atoms with E-state index >= 15 is 0 Å². The Balaban J connectivity index is 6.75. The lowest BCUT2D eigenvalue weighted by Crippen LogP contribution is -2.74. The first-order valence-corrected chi connectivity index (χ1v) is 10.8. The quantitative estimate of drug-likeness (QED) is 0.211. The Kier molecular flexibility index (Phi) is 10.3. The minimum absolute atomic E-state index is 0.703. The Morgan fingerprint density at radius 1 is 0.722 bits per heavy atom. The predicted molar refractivity (Wildman–Crippen MR) is 88.2 cm³/mol. The molecule has 0 radical (unpaired) electrons. The van der Waals surface area contributed by atoms with Gasteiger partial charge in [-0.15, -0.1) is 0 Å². The largest absolute Gasteiger partial charge is 0.500 e. The summed E-state index contributed by atoms with van der Waals surface area (Å²) in [4.78, 5) is 11.1. The molecular formula is C15H17F15O5Si. The summed E-state index contributed by atoms with van der Waals surface area (Å²) in [5.74, 6) is -43.2. The van der Waals surface area contributed by atoms with Crippen LogP contribution in [0.25, 0.3) is 0 Å². The van der Waals surface area contributed by atoms with Crippen LogP contribution in [0, 0.1) is 0 Å². The Morgan fingerprint density at radius 3 is 1.39 bits per heavy atom. The van der Waals surface area contributed by atoms with E-state index in [0.717, 1.165) is 0 Å². The molecule has 0 rings (SSSR count). The molecule has 0 aliphatic rings. The van der Waals surface area contributed by atoms with Gasteiger partial charge in [-0.05, 0) is 0 Å². The summed E-state index contributed by atoms with van der Waals surface area (Å²) >= 11 is 0. The van der Waals surface area contributed by atoms with Gasteiger partial charge in [-0.3, -0.25) is 0 Å². The SMILES string of the molecule is CO[Si](CCC(F)(C(=O)O)C(F)(F)C(F)(F)C(F)(F)C(F)(F)C(F)(F)C(F)C(F)C(F)F)(OC)OC. The molecule has 0 spiro atoms. The summed E-state index contributed by atoms with van der Waals surface area (Å²) in [6.45, 7) is 0. The fourth-order valence-electron chi connectivity index (χ4n) is 2.63. The van der Waals surface area contributed by atoms with Gasteiger partial charge in [0.15, 0.2) is 6.17 Å². The number of hydrogen-bond donors (Lipinski definition) is 1. The van der Waals surface area contributed by atoms with Gasteiger partial charge in [0.1, 0.15) is 0 Å². The maximum atomic E-state index is 14.8. The van der Waals surface area contributed by atoms with Crippen LogP contribution >= 0.6 is 0 Å². The molecule has 0 aromatic carbocycles. The van der Waals surface area contributed by atoms with E-state index in [4.69, 9.17) is 5.11 Å².